The second kappa shape index (κ2) is 14.1. The Morgan fingerprint density at radius 2 is 1.70 bits per heavy atom. The minimum Gasteiger partial charge on any atom is -0.493 e. The van der Waals surface area contributed by atoms with Crippen LogP contribution < -0.4 is 20.9 Å². The monoisotopic (exact) mass is 545 g/mol. The maximum absolute atomic E-state index is 13.0. The van der Waals surface area contributed by atoms with E-state index < -0.39 is 12.1 Å². The van der Waals surface area contributed by atoms with E-state index in [0.29, 0.717) is 49.1 Å². The SMILES string of the molecule is N=C(N)NOCCCOc1cc(Cl)cc(C(=O)N2CCN(c3ccccc3)CC2)c1.O=C(O)C(F)(F)F. The predicted molar refractivity (Wildman–Crippen MR) is 131 cm³/mol. The first-order valence-electron chi connectivity index (χ1n) is 11.0. The number of hydrogen-bond acceptors (Lipinski definition) is 6. The van der Waals surface area contributed by atoms with Gasteiger partial charge in [-0.3, -0.25) is 15.0 Å². The highest BCUT2D eigenvalue weighted by Gasteiger charge is 2.38. The van der Waals surface area contributed by atoms with Crippen molar-refractivity contribution < 1.29 is 37.4 Å². The number of carbonyl (C=O) groups excluding carboxylic acids is 1. The van der Waals surface area contributed by atoms with Crippen LogP contribution in [0.5, 0.6) is 5.75 Å². The molecule has 0 bridgehead atoms. The normalized spacial score (nSPS) is 13.3. The second-order valence-electron chi connectivity index (χ2n) is 7.66. The molecule has 1 saturated heterocycles. The number of carboxylic acids is 1. The topological polar surface area (TPSA) is 141 Å². The van der Waals surface area contributed by atoms with Crippen LogP contribution in [0.15, 0.2) is 48.5 Å². The summed E-state index contributed by atoms with van der Waals surface area (Å²) in [6.07, 6.45) is -4.50. The average Bonchev–Trinajstić information content (AvgIpc) is 2.85. The molecule has 1 aliphatic rings. The van der Waals surface area contributed by atoms with Crippen LogP contribution in [0.3, 0.4) is 0 Å². The molecular weight excluding hydrogens is 519 g/mol. The van der Waals surface area contributed by atoms with Crippen molar-refractivity contribution in [3.8, 4) is 5.75 Å². The zero-order chi connectivity index (χ0) is 27.4. The average molecular weight is 546 g/mol. The first-order chi connectivity index (χ1) is 17.5. The van der Waals surface area contributed by atoms with Gasteiger partial charge in [-0.2, -0.15) is 13.2 Å². The highest BCUT2D eigenvalue weighted by molar-refractivity contribution is 6.31. The number of carboxylic acid groups (broad SMARTS) is 1. The molecule has 0 aliphatic carbocycles. The standard InChI is InChI=1S/C21H26ClN5O3.C2HF3O2/c22-17-13-16(14-19(15-17)29-11-4-12-30-25-21(23)24)20(28)27-9-7-26(8-10-27)18-5-2-1-3-6-18;3-2(4,5)1(6)7/h1-3,5-6,13-15H,4,7-12H2,(H4,23,24,25);(H,6,7). The molecule has 2 aromatic carbocycles. The van der Waals surface area contributed by atoms with Gasteiger partial charge in [0.1, 0.15) is 5.75 Å². The van der Waals surface area contributed by atoms with Crippen LogP contribution in [0, 0.1) is 5.41 Å². The summed E-state index contributed by atoms with van der Waals surface area (Å²) >= 11 is 6.20. The van der Waals surface area contributed by atoms with E-state index in [-0.39, 0.29) is 11.9 Å². The van der Waals surface area contributed by atoms with E-state index in [1.807, 2.05) is 23.1 Å². The molecule has 202 valence electrons. The number of aliphatic carboxylic acids is 1. The number of nitrogens with zero attached hydrogens (tertiary/aromatic N) is 2. The molecule has 0 atom stereocenters. The molecule has 1 amide bonds. The first kappa shape index (κ1) is 29.5. The summed E-state index contributed by atoms with van der Waals surface area (Å²) in [6, 6.07) is 15.3. The second-order valence-corrected chi connectivity index (χ2v) is 8.10. The molecule has 0 unspecified atom stereocenters. The lowest BCUT2D eigenvalue weighted by Crippen LogP contribution is -2.48. The van der Waals surface area contributed by atoms with E-state index in [0.717, 1.165) is 13.1 Å². The Labute approximate surface area is 216 Å². The smallest absolute Gasteiger partial charge is 0.490 e. The van der Waals surface area contributed by atoms with Gasteiger partial charge >= 0.3 is 12.1 Å². The van der Waals surface area contributed by atoms with Crippen LogP contribution in [-0.4, -0.2) is 73.4 Å². The summed E-state index contributed by atoms with van der Waals surface area (Å²) < 4.78 is 37.4. The molecule has 1 fully saturated rings. The highest BCUT2D eigenvalue weighted by Crippen LogP contribution is 2.23. The third-order valence-electron chi connectivity index (χ3n) is 4.89. The number of ether oxygens (including phenoxy) is 1. The van der Waals surface area contributed by atoms with Crippen molar-refractivity contribution in [1.82, 2.24) is 10.4 Å². The lowest BCUT2D eigenvalue weighted by Gasteiger charge is -2.36. The Kier molecular flexibility index (Phi) is 11.3. The minimum atomic E-state index is -5.08. The van der Waals surface area contributed by atoms with E-state index in [1.54, 1.807) is 18.2 Å². The molecule has 14 heteroatoms. The van der Waals surface area contributed by atoms with Gasteiger partial charge in [0.2, 0.25) is 5.96 Å². The van der Waals surface area contributed by atoms with Crippen molar-refractivity contribution in [2.45, 2.75) is 12.6 Å². The largest absolute Gasteiger partial charge is 0.493 e. The third-order valence-corrected chi connectivity index (χ3v) is 5.11. The number of carbonyl (C=O) groups is 2. The Balaban J connectivity index is 0.000000604. The van der Waals surface area contributed by atoms with Crippen molar-refractivity contribution in [2.24, 2.45) is 5.73 Å². The van der Waals surface area contributed by atoms with Gasteiger partial charge in [0, 0.05) is 48.9 Å². The molecule has 0 saturated carbocycles. The maximum Gasteiger partial charge on any atom is 0.490 e. The number of piperazine rings is 1. The van der Waals surface area contributed by atoms with Crippen molar-refractivity contribution in [1.29, 1.82) is 5.41 Å². The number of halogens is 4. The van der Waals surface area contributed by atoms with E-state index in [1.165, 1.54) is 5.69 Å². The van der Waals surface area contributed by atoms with Gasteiger partial charge in [-0.15, -0.1) is 0 Å². The number of alkyl halides is 3. The number of benzene rings is 2. The van der Waals surface area contributed by atoms with E-state index in [9.17, 15) is 18.0 Å². The predicted octanol–water partition coefficient (Wildman–Crippen LogP) is 3.12. The first-order valence-corrected chi connectivity index (χ1v) is 11.4. The van der Waals surface area contributed by atoms with Crippen LogP contribution in [-0.2, 0) is 9.63 Å². The number of para-hydroxylation sites is 1. The Morgan fingerprint density at radius 1 is 1.08 bits per heavy atom. The summed E-state index contributed by atoms with van der Waals surface area (Å²) in [5.74, 6) is -2.52. The molecule has 5 N–H and O–H groups in total. The Hall–Kier alpha value is -3.71. The van der Waals surface area contributed by atoms with Crippen LogP contribution in [0.25, 0.3) is 0 Å². The fraction of sp³-hybridized carbons (Fsp3) is 0.348. The number of guanidine groups is 1. The summed E-state index contributed by atoms with van der Waals surface area (Å²) in [7, 11) is 0. The maximum atomic E-state index is 13.0. The van der Waals surface area contributed by atoms with Crippen LogP contribution in [0.1, 0.15) is 16.8 Å². The molecule has 0 spiro atoms. The number of anilines is 1. The fourth-order valence-electron chi connectivity index (χ4n) is 3.21. The Bertz CT molecular complexity index is 1050. The van der Waals surface area contributed by atoms with Crippen LogP contribution >= 0.6 is 11.6 Å². The number of hydrogen-bond donors (Lipinski definition) is 4. The van der Waals surface area contributed by atoms with Crippen molar-refractivity contribution in [3.05, 3.63) is 59.1 Å². The molecule has 10 nitrogen and oxygen atoms in total. The zero-order valence-electron chi connectivity index (χ0n) is 19.6. The van der Waals surface area contributed by atoms with E-state index >= 15 is 0 Å². The quantitative estimate of drug-likeness (QED) is 0.172. The molecule has 1 aliphatic heterocycles. The Morgan fingerprint density at radius 3 is 2.27 bits per heavy atom. The lowest BCUT2D eigenvalue weighted by atomic mass is 10.1. The third kappa shape index (κ3) is 10.4. The van der Waals surface area contributed by atoms with Gasteiger partial charge in [-0.25, -0.2) is 10.3 Å². The highest BCUT2D eigenvalue weighted by atomic mass is 35.5. The zero-order valence-corrected chi connectivity index (χ0v) is 20.4. The number of rotatable bonds is 8. The summed E-state index contributed by atoms with van der Waals surface area (Å²) in [5, 5.41) is 14.6. The van der Waals surface area contributed by atoms with E-state index in [2.05, 4.69) is 22.5 Å². The minimum absolute atomic E-state index is 0.0518. The molecular formula is C23H27ClF3N5O5. The van der Waals surface area contributed by atoms with Crippen LogP contribution in [0.2, 0.25) is 5.02 Å². The van der Waals surface area contributed by atoms with Crippen LogP contribution in [0.4, 0.5) is 18.9 Å². The van der Waals surface area contributed by atoms with Crippen molar-refractivity contribution in [2.75, 3.05) is 44.3 Å². The van der Waals surface area contributed by atoms with Crippen molar-refractivity contribution >= 4 is 35.1 Å². The van der Waals surface area contributed by atoms with Crippen molar-refractivity contribution in [3.63, 3.8) is 0 Å². The van der Waals surface area contributed by atoms with Gasteiger partial charge in [-0.1, -0.05) is 29.8 Å². The summed E-state index contributed by atoms with van der Waals surface area (Å²) in [5.41, 5.74) is 9.07. The molecule has 3 rings (SSSR count). The van der Waals surface area contributed by atoms with Gasteiger partial charge in [0.25, 0.3) is 5.91 Å². The number of amides is 1. The molecule has 37 heavy (non-hydrogen) atoms. The molecule has 0 aromatic heterocycles. The van der Waals surface area contributed by atoms with Gasteiger partial charge < -0.3 is 25.4 Å². The number of nitrogens with two attached hydrogens (primary N) is 1. The fourth-order valence-corrected chi connectivity index (χ4v) is 3.43. The summed E-state index contributed by atoms with van der Waals surface area (Å²) in [6.45, 7) is 3.58. The molecule has 0 radical (unpaired) electrons. The van der Waals surface area contributed by atoms with Gasteiger partial charge in [0.15, 0.2) is 0 Å². The van der Waals surface area contributed by atoms with Gasteiger partial charge in [0.05, 0.1) is 13.2 Å². The summed E-state index contributed by atoms with van der Waals surface area (Å²) in [4.78, 5) is 30.9. The van der Waals surface area contributed by atoms with E-state index in [4.69, 9.17) is 42.2 Å². The van der Waals surface area contributed by atoms with Gasteiger partial charge in [-0.05, 0) is 30.3 Å². The molecule has 2 aromatic rings. The molecule has 1 heterocycles. The number of hydroxylamine groups is 1. The lowest BCUT2D eigenvalue weighted by molar-refractivity contribution is -0.192. The number of nitrogens with one attached hydrogen (secondary N) is 2.